The molecular weight excluding hydrogens is 474 g/mol. The summed E-state index contributed by atoms with van der Waals surface area (Å²) in [5, 5.41) is 13.0. The first-order valence-electron chi connectivity index (χ1n) is 13.4. The van der Waals surface area contributed by atoms with Crippen molar-refractivity contribution in [1.82, 2.24) is 9.80 Å². The maximum absolute atomic E-state index is 13.9. The minimum atomic E-state index is -0.277. The first-order valence-corrected chi connectivity index (χ1v) is 13.4. The minimum Gasteiger partial charge on any atom is -0.508 e. The first-order chi connectivity index (χ1) is 18.5. The van der Waals surface area contributed by atoms with E-state index in [0.717, 1.165) is 30.4 Å². The Labute approximate surface area is 222 Å². The molecule has 0 saturated carbocycles. The second-order valence-corrected chi connectivity index (χ2v) is 11.0. The van der Waals surface area contributed by atoms with Gasteiger partial charge in [0.1, 0.15) is 11.5 Å². The van der Waals surface area contributed by atoms with Crippen LogP contribution < -0.4 is 10.7 Å². The number of aliphatic hydroxyl groups excluding tert-OH is 1. The number of rotatable bonds is 6. The van der Waals surface area contributed by atoms with Crippen molar-refractivity contribution in [3.63, 3.8) is 0 Å². The standard InChI is InChI=1S/C32H31N3O3/c33-38-28-11-6-21(7-12-28)13-14-34-20-30-25-16-27(36)10-9-26-17-29(31(34)37)35(30)32(26,19-25)18-22-5-8-23-3-1-2-4-24(23)15-22/h1-12,15-16,19,26,29-30,36H,13-14,17-18,20,33H2/b10-9-,27-16?/t26?,29-,30-,32?/m0/s1. The van der Waals surface area contributed by atoms with Gasteiger partial charge in [0.25, 0.3) is 0 Å². The predicted octanol–water partition coefficient (Wildman–Crippen LogP) is 4.47. The highest BCUT2D eigenvalue weighted by Crippen LogP contribution is 2.53. The Bertz CT molecular complexity index is 1510. The molecule has 4 atom stereocenters. The zero-order valence-corrected chi connectivity index (χ0v) is 21.2. The second-order valence-electron chi connectivity index (χ2n) is 11.0. The lowest BCUT2D eigenvalue weighted by Gasteiger charge is -2.46. The summed E-state index contributed by atoms with van der Waals surface area (Å²) in [5.41, 5.74) is 3.25. The third kappa shape index (κ3) is 3.67. The minimum absolute atomic E-state index is 0.0678. The molecule has 1 aliphatic carbocycles. The van der Waals surface area contributed by atoms with Crippen LogP contribution in [-0.4, -0.2) is 51.5 Å². The fraction of sp³-hybridized carbons (Fsp3) is 0.281. The van der Waals surface area contributed by atoms with Crippen molar-refractivity contribution < 1.29 is 14.7 Å². The average Bonchev–Trinajstić information content (AvgIpc) is 3.41. The van der Waals surface area contributed by atoms with Crippen LogP contribution in [0.3, 0.4) is 0 Å². The number of hydrogen-bond acceptors (Lipinski definition) is 5. The van der Waals surface area contributed by atoms with Crippen molar-refractivity contribution in [2.45, 2.75) is 36.9 Å². The lowest BCUT2D eigenvalue weighted by atomic mass is 9.78. The molecule has 3 heterocycles. The lowest BCUT2D eigenvalue weighted by molar-refractivity contribution is -0.143. The van der Waals surface area contributed by atoms with E-state index in [1.165, 1.54) is 16.3 Å². The molecule has 3 aliphatic heterocycles. The van der Waals surface area contributed by atoms with Crippen LogP contribution in [0, 0.1) is 5.92 Å². The summed E-state index contributed by atoms with van der Waals surface area (Å²) in [5.74, 6) is 6.51. The van der Waals surface area contributed by atoms with Crippen molar-refractivity contribution in [3.8, 4) is 5.75 Å². The molecule has 2 saturated heterocycles. The van der Waals surface area contributed by atoms with E-state index in [0.29, 0.717) is 18.8 Å². The molecule has 38 heavy (non-hydrogen) atoms. The molecule has 192 valence electrons. The van der Waals surface area contributed by atoms with E-state index in [2.05, 4.69) is 59.5 Å². The fourth-order valence-electron chi connectivity index (χ4n) is 7.16. The van der Waals surface area contributed by atoms with Crippen LogP contribution in [0.15, 0.2) is 102 Å². The van der Waals surface area contributed by atoms with Crippen molar-refractivity contribution >= 4 is 16.7 Å². The molecule has 2 fully saturated rings. The number of aliphatic hydroxyl groups is 1. The van der Waals surface area contributed by atoms with Crippen molar-refractivity contribution in [2.24, 2.45) is 11.8 Å². The molecule has 4 aliphatic rings. The molecule has 6 nitrogen and oxygen atoms in total. The summed E-state index contributed by atoms with van der Waals surface area (Å²) in [6, 6.07) is 22.7. The van der Waals surface area contributed by atoms with Gasteiger partial charge in [-0.15, -0.1) is 0 Å². The highest BCUT2D eigenvalue weighted by atomic mass is 16.6. The smallest absolute Gasteiger partial charge is 0.240 e. The van der Waals surface area contributed by atoms with Gasteiger partial charge >= 0.3 is 0 Å². The number of carbonyl (C=O) groups excluding carboxylic acids is 1. The Morgan fingerprint density at radius 2 is 1.79 bits per heavy atom. The number of piperazine rings is 1. The third-order valence-electron chi connectivity index (χ3n) is 8.91. The quantitative estimate of drug-likeness (QED) is 0.484. The second kappa shape index (κ2) is 8.86. The molecule has 3 aromatic rings. The van der Waals surface area contributed by atoms with Crippen LogP contribution >= 0.6 is 0 Å². The highest BCUT2D eigenvalue weighted by molar-refractivity contribution is 5.85. The number of hydrogen-bond donors (Lipinski definition) is 2. The summed E-state index contributed by atoms with van der Waals surface area (Å²) in [6.45, 7) is 1.28. The maximum Gasteiger partial charge on any atom is 0.240 e. The lowest BCUT2D eigenvalue weighted by Crippen LogP contribution is -2.63. The molecule has 6 heteroatoms. The van der Waals surface area contributed by atoms with E-state index in [1.807, 2.05) is 41.3 Å². The van der Waals surface area contributed by atoms with Crippen molar-refractivity contribution in [1.29, 1.82) is 0 Å². The van der Waals surface area contributed by atoms with Gasteiger partial charge in [-0.3, -0.25) is 9.69 Å². The molecular formula is C32H31N3O3. The number of carbonyl (C=O) groups is 1. The molecule has 2 unspecified atom stereocenters. The van der Waals surface area contributed by atoms with Crippen LogP contribution in [0.2, 0.25) is 0 Å². The topological polar surface area (TPSA) is 79.0 Å². The molecule has 3 N–H and O–H groups in total. The van der Waals surface area contributed by atoms with Gasteiger partial charge in [0.2, 0.25) is 5.91 Å². The van der Waals surface area contributed by atoms with Crippen molar-refractivity contribution in [2.75, 3.05) is 13.1 Å². The van der Waals surface area contributed by atoms with Gasteiger partial charge in [-0.25, -0.2) is 0 Å². The Morgan fingerprint density at radius 1 is 1.00 bits per heavy atom. The van der Waals surface area contributed by atoms with Crippen LogP contribution in [0.25, 0.3) is 10.8 Å². The summed E-state index contributed by atoms with van der Waals surface area (Å²) in [6.07, 6.45) is 10.6. The average molecular weight is 506 g/mol. The van der Waals surface area contributed by atoms with Crippen LogP contribution in [0.4, 0.5) is 0 Å². The highest BCUT2D eigenvalue weighted by Gasteiger charge is 2.62. The van der Waals surface area contributed by atoms with Gasteiger partial charge in [0.05, 0.1) is 17.6 Å². The normalized spacial score (nSPS) is 28.6. The fourth-order valence-corrected chi connectivity index (χ4v) is 7.16. The number of amides is 1. The van der Waals surface area contributed by atoms with E-state index >= 15 is 0 Å². The summed E-state index contributed by atoms with van der Waals surface area (Å²) in [7, 11) is 0. The van der Waals surface area contributed by atoms with Gasteiger partial charge in [0, 0.05) is 19.0 Å². The van der Waals surface area contributed by atoms with E-state index in [9.17, 15) is 9.90 Å². The van der Waals surface area contributed by atoms with Gasteiger partial charge < -0.3 is 14.8 Å². The van der Waals surface area contributed by atoms with Gasteiger partial charge in [-0.05, 0) is 71.0 Å². The van der Waals surface area contributed by atoms with Crippen LogP contribution in [-0.2, 0) is 17.6 Å². The number of fused-ring (bicyclic) bond motifs is 2. The zero-order valence-electron chi connectivity index (χ0n) is 21.2. The Balaban J connectivity index is 1.21. The Kier molecular flexibility index (Phi) is 5.42. The summed E-state index contributed by atoms with van der Waals surface area (Å²) < 4.78 is 0. The molecule has 7 rings (SSSR count). The number of nitrogens with two attached hydrogens (primary N) is 1. The molecule has 1 amide bonds. The summed E-state index contributed by atoms with van der Waals surface area (Å²) >= 11 is 0. The largest absolute Gasteiger partial charge is 0.508 e. The van der Waals surface area contributed by atoms with E-state index in [-0.39, 0.29) is 35.2 Å². The van der Waals surface area contributed by atoms with Gasteiger partial charge in [-0.2, -0.15) is 5.90 Å². The van der Waals surface area contributed by atoms with E-state index < -0.39 is 0 Å². The molecule has 0 radical (unpaired) electrons. The molecule has 2 bridgehead atoms. The summed E-state index contributed by atoms with van der Waals surface area (Å²) in [4.78, 5) is 23.2. The molecule has 0 aromatic heterocycles. The van der Waals surface area contributed by atoms with Crippen molar-refractivity contribution in [3.05, 3.63) is 113 Å². The number of nitrogens with zero attached hydrogens (tertiary/aromatic N) is 2. The van der Waals surface area contributed by atoms with Crippen LogP contribution in [0.5, 0.6) is 5.75 Å². The Hall–Kier alpha value is -3.87. The van der Waals surface area contributed by atoms with Crippen LogP contribution in [0.1, 0.15) is 17.5 Å². The zero-order chi connectivity index (χ0) is 25.9. The number of allylic oxidation sites excluding steroid dienone is 1. The molecule has 3 aromatic carbocycles. The van der Waals surface area contributed by atoms with Gasteiger partial charge in [0.15, 0.2) is 0 Å². The third-order valence-corrected chi connectivity index (χ3v) is 8.91. The van der Waals surface area contributed by atoms with E-state index in [4.69, 9.17) is 10.7 Å². The SMILES string of the molecule is NOc1ccc(CCN2C[C@H]3C4=CC5(Cc6ccc7ccccc7c6)C(/C=C\C(O)=C4)C[C@@H](C2=O)N35)cc1. The van der Waals surface area contributed by atoms with Gasteiger partial charge in [-0.1, -0.05) is 66.7 Å². The molecule has 0 spiro atoms. The Morgan fingerprint density at radius 3 is 2.61 bits per heavy atom. The maximum atomic E-state index is 13.9. The number of benzene rings is 3. The monoisotopic (exact) mass is 505 g/mol. The van der Waals surface area contributed by atoms with E-state index in [1.54, 1.807) is 0 Å². The first kappa shape index (κ1) is 23.3. The predicted molar refractivity (Wildman–Crippen MR) is 147 cm³/mol.